The van der Waals surface area contributed by atoms with Crippen LogP contribution in [0.2, 0.25) is 0 Å². The lowest BCUT2D eigenvalue weighted by molar-refractivity contribution is 0.0651. The molecule has 32 heavy (non-hydrogen) atoms. The quantitative estimate of drug-likeness (QED) is 0.221. The summed E-state index contributed by atoms with van der Waals surface area (Å²) >= 11 is 0. The molecule has 1 aromatic heterocycles. The number of nitrogens with two attached hydrogens (primary N) is 1. The van der Waals surface area contributed by atoms with Crippen molar-refractivity contribution < 1.29 is 37.6 Å². The molecule has 1 heterocycles. The lowest BCUT2D eigenvalue weighted by Crippen LogP contribution is -2.16. The molecule has 0 unspecified atom stereocenters. The number of aromatic amines is 1. The van der Waals surface area contributed by atoms with Crippen LogP contribution in [0.4, 0.5) is 11.4 Å². The van der Waals surface area contributed by atoms with Crippen molar-refractivity contribution >= 4 is 39.3 Å². The van der Waals surface area contributed by atoms with Crippen LogP contribution in [0, 0.1) is 0 Å². The van der Waals surface area contributed by atoms with E-state index >= 15 is 0 Å². The third-order valence-corrected chi connectivity index (χ3v) is 5.15. The number of carbonyl (C=O) groups excluding carboxylic acids is 1. The Morgan fingerprint density at radius 3 is 2.22 bits per heavy atom. The molecule has 0 bridgehead atoms. The summed E-state index contributed by atoms with van der Waals surface area (Å²) in [5.41, 5.74) is 3.09. The van der Waals surface area contributed by atoms with Crippen molar-refractivity contribution in [1.82, 2.24) is 9.78 Å². The van der Waals surface area contributed by atoms with Crippen LogP contribution in [0.1, 0.15) is 31.2 Å². The predicted molar refractivity (Wildman–Crippen MR) is 109 cm³/mol. The molecule has 0 radical (unpaired) electrons. The van der Waals surface area contributed by atoms with E-state index in [0.29, 0.717) is 0 Å². The second kappa shape index (κ2) is 8.01. The van der Waals surface area contributed by atoms with Crippen LogP contribution in [-0.2, 0) is 10.1 Å². The van der Waals surface area contributed by atoms with E-state index in [4.69, 9.17) is 15.9 Å². The second-order valence-corrected chi connectivity index (χ2v) is 7.76. The number of amides is 1. The zero-order chi connectivity index (χ0) is 23.8. The monoisotopic (exact) mass is 462 g/mol. The van der Waals surface area contributed by atoms with E-state index in [9.17, 15) is 32.1 Å². The summed E-state index contributed by atoms with van der Waals surface area (Å²) < 4.78 is 32.9. The molecule has 0 spiro atoms. The van der Waals surface area contributed by atoms with Gasteiger partial charge in [-0.15, -0.1) is 0 Å². The molecule has 13 nitrogen and oxygen atoms in total. The van der Waals surface area contributed by atoms with Crippen molar-refractivity contribution in [1.29, 1.82) is 0 Å². The molecule has 0 saturated heterocycles. The Kier molecular flexibility index (Phi) is 5.57. The third-order valence-electron chi connectivity index (χ3n) is 4.24. The van der Waals surface area contributed by atoms with Crippen LogP contribution in [0.5, 0.6) is 0 Å². The number of H-pyrrole nitrogens is 1. The number of anilines is 2. The number of carbonyl (C=O) groups is 3. The van der Waals surface area contributed by atoms with Crippen LogP contribution in [0.3, 0.4) is 0 Å². The molecule has 0 aliphatic carbocycles. The fourth-order valence-corrected chi connectivity index (χ4v) is 3.41. The van der Waals surface area contributed by atoms with Crippen molar-refractivity contribution in [3.05, 3.63) is 69.6 Å². The zero-order valence-electron chi connectivity index (χ0n) is 15.8. The molecule has 3 aromatic rings. The van der Waals surface area contributed by atoms with Crippen molar-refractivity contribution in [2.24, 2.45) is 0 Å². The standard InChI is InChI=1S/C18H14N4O9S/c19-12-4-2-9(6-14(12)32(29,30)31)22-15(23)7-13(21-22)16(24)20-8-1-3-10(17(25)26)11(5-8)18(27)28/h1-7,21H,19H2,(H,20,24)(H,25,26)(H,27,28)(H,29,30,31). The first-order valence-corrected chi connectivity index (χ1v) is 9.94. The molecule has 0 aliphatic heterocycles. The number of benzene rings is 2. The highest BCUT2D eigenvalue weighted by Crippen LogP contribution is 2.21. The Morgan fingerprint density at radius 1 is 0.969 bits per heavy atom. The first kappa shape index (κ1) is 22.3. The Balaban J connectivity index is 1.94. The van der Waals surface area contributed by atoms with Gasteiger partial charge in [-0.25, -0.2) is 14.3 Å². The molecule has 0 aliphatic rings. The lowest BCUT2D eigenvalue weighted by Gasteiger charge is -2.08. The maximum Gasteiger partial charge on any atom is 0.336 e. The minimum atomic E-state index is -4.67. The maximum atomic E-state index is 12.5. The van der Waals surface area contributed by atoms with Gasteiger partial charge in [0.2, 0.25) is 0 Å². The summed E-state index contributed by atoms with van der Waals surface area (Å²) in [7, 11) is -4.67. The summed E-state index contributed by atoms with van der Waals surface area (Å²) in [6, 6.07) is 7.34. The molecule has 0 fully saturated rings. The summed E-state index contributed by atoms with van der Waals surface area (Å²) in [5, 5.41) is 23.0. The van der Waals surface area contributed by atoms with Gasteiger partial charge in [-0.05, 0) is 36.4 Å². The van der Waals surface area contributed by atoms with Crippen LogP contribution in [0.25, 0.3) is 5.69 Å². The summed E-state index contributed by atoms with van der Waals surface area (Å²) in [6.07, 6.45) is 0. The van der Waals surface area contributed by atoms with Gasteiger partial charge in [-0.2, -0.15) is 8.42 Å². The largest absolute Gasteiger partial charge is 0.478 e. The van der Waals surface area contributed by atoms with E-state index in [0.717, 1.165) is 35.0 Å². The van der Waals surface area contributed by atoms with Gasteiger partial charge in [-0.1, -0.05) is 0 Å². The molecule has 166 valence electrons. The average molecular weight is 462 g/mol. The second-order valence-electron chi connectivity index (χ2n) is 6.37. The van der Waals surface area contributed by atoms with Crippen LogP contribution in [0.15, 0.2) is 52.2 Å². The van der Waals surface area contributed by atoms with Gasteiger partial charge in [0.25, 0.3) is 21.6 Å². The van der Waals surface area contributed by atoms with Gasteiger partial charge >= 0.3 is 11.9 Å². The molecule has 0 atom stereocenters. The molecule has 14 heteroatoms. The number of aromatic nitrogens is 2. The van der Waals surface area contributed by atoms with Crippen LogP contribution in [-0.4, -0.2) is 50.8 Å². The van der Waals surface area contributed by atoms with Crippen molar-refractivity contribution in [3.8, 4) is 5.69 Å². The number of nitrogen functional groups attached to an aromatic ring is 1. The third kappa shape index (κ3) is 4.35. The zero-order valence-corrected chi connectivity index (χ0v) is 16.6. The minimum absolute atomic E-state index is 0.0464. The van der Waals surface area contributed by atoms with Gasteiger partial charge < -0.3 is 21.3 Å². The Labute approximate surface area is 178 Å². The normalized spacial score (nSPS) is 11.2. The van der Waals surface area contributed by atoms with E-state index in [-0.39, 0.29) is 22.8 Å². The Hall–Kier alpha value is -4.43. The highest BCUT2D eigenvalue weighted by atomic mass is 32.2. The molecule has 1 amide bonds. The highest BCUT2D eigenvalue weighted by molar-refractivity contribution is 7.86. The van der Waals surface area contributed by atoms with Gasteiger partial charge in [0.15, 0.2) is 0 Å². The predicted octanol–water partition coefficient (Wildman–Crippen LogP) is 0.643. The molecule has 2 aromatic carbocycles. The number of hydrogen-bond donors (Lipinski definition) is 6. The van der Waals surface area contributed by atoms with E-state index in [1.165, 1.54) is 12.1 Å². The van der Waals surface area contributed by atoms with Gasteiger partial charge in [-0.3, -0.25) is 19.2 Å². The van der Waals surface area contributed by atoms with Crippen molar-refractivity contribution in [3.63, 3.8) is 0 Å². The van der Waals surface area contributed by atoms with E-state index < -0.39 is 49.5 Å². The number of nitrogens with zero attached hydrogens (tertiary/aromatic N) is 1. The fourth-order valence-electron chi connectivity index (χ4n) is 2.77. The number of hydrogen-bond acceptors (Lipinski definition) is 7. The molecular weight excluding hydrogens is 448 g/mol. The first-order valence-electron chi connectivity index (χ1n) is 8.50. The first-order chi connectivity index (χ1) is 14.9. The average Bonchev–Trinajstić information content (AvgIpc) is 3.09. The van der Waals surface area contributed by atoms with Gasteiger partial charge in [0.05, 0.1) is 22.5 Å². The number of rotatable bonds is 6. The van der Waals surface area contributed by atoms with E-state index in [1.807, 2.05) is 0 Å². The maximum absolute atomic E-state index is 12.5. The van der Waals surface area contributed by atoms with Gasteiger partial charge in [0, 0.05) is 11.8 Å². The lowest BCUT2D eigenvalue weighted by atomic mass is 10.1. The topological polar surface area (TPSA) is 222 Å². The Bertz CT molecular complexity index is 1440. The number of aromatic carboxylic acids is 2. The highest BCUT2D eigenvalue weighted by Gasteiger charge is 2.20. The molecular formula is C18H14N4O9S. The van der Waals surface area contributed by atoms with Crippen molar-refractivity contribution in [2.45, 2.75) is 4.90 Å². The summed E-state index contributed by atoms with van der Waals surface area (Å²) in [5.74, 6) is -3.85. The molecule has 7 N–H and O–H groups in total. The number of nitrogens with one attached hydrogen (secondary N) is 2. The van der Waals surface area contributed by atoms with Crippen molar-refractivity contribution in [2.75, 3.05) is 11.1 Å². The van der Waals surface area contributed by atoms with Crippen LogP contribution < -0.4 is 16.6 Å². The van der Waals surface area contributed by atoms with E-state index in [1.54, 1.807) is 0 Å². The smallest absolute Gasteiger partial charge is 0.336 e. The summed E-state index contributed by atoms with van der Waals surface area (Å²) in [4.78, 5) is 46.5. The van der Waals surface area contributed by atoms with Gasteiger partial charge in [0.1, 0.15) is 10.6 Å². The fraction of sp³-hybridized carbons (Fsp3) is 0. The SMILES string of the molecule is Nc1ccc(-n2[nH]c(C(=O)Nc3ccc(C(=O)O)c(C(=O)O)c3)cc2=O)cc1S(=O)(=O)O. The van der Waals surface area contributed by atoms with Crippen LogP contribution >= 0.6 is 0 Å². The minimum Gasteiger partial charge on any atom is -0.478 e. The Morgan fingerprint density at radius 2 is 1.62 bits per heavy atom. The summed E-state index contributed by atoms with van der Waals surface area (Å²) in [6.45, 7) is 0. The number of carboxylic acids is 2. The molecule has 0 saturated carbocycles. The van der Waals surface area contributed by atoms with E-state index in [2.05, 4.69) is 10.4 Å². The number of carboxylic acid groups (broad SMARTS) is 2. The molecule has 3 rings (SSSR count).